The topological polar surface area (TPSA) is 72.9 Å². The van der Waals surface area contributed by atoms with Crippen molar-refractivity contribution in [3.05, 3.63) is 35.4 Å². The number of methoxy groups -OCH3 is 2. The van der Waals surface area contributed by atoms with Gasteiger partial charge < -0.3 is 14.4 Å². The molecule has 116 valence electrons. The van der Waals surface area contributed by atoms with Crippen LogP contribution in [-0.4, -0.2) is 48.4 Å². The number of fused-ring (bicyclic) bond motifs is 1. The highest BCUT2D eigenvalue weighted by Gasteiger charge is 2.55. The van der Waals surface area contributed by atoms with E-state index in [1.807, 2.05) is 0 Å². The maximum Gasteiger partial charge on any atom is 0.337 e. The zero-order valence-corrected chi connectivity index (χ0v) is 13.0. The summed E-state index contributed by atoms with van der Waals surface area (Å²) in [5.74, 6) is -0.846. The highest BCUT2D eigenvalue weighted by Crippen LogP contribution is 2.52. The van der Waals surface area contributed by atoms with Crippen LogP contribution in [0.1, 0.15) is 27.6 Å². The first-order valence-electron chi connectivity index (χ1n) is 6.79. The molecule has 0 aliphatic carbocycles. The van der Waals surface area contributed by atoms with E-state index in [9.17, 15) is 14.4 Å². The monoisotopic (exact) mass is 321 g/mol. The fraction of sp³-hybridized carbons (Fsp3) is 0.400. The Hall–Kier alpha value is -2.02. The summed E-state index contributed by atoms with van der Waals surface area (Å²) in [5, 5.41) is -0.155. The van der Waals surface area contributed by atoms with Crippen molar-refractivity contribution >= 4 is 29.6 Å². The predicted octanol–water partition coefficient (Wildman–Crippen LogP) is 1.36. The summed E-state index contributed by atoms with van der Waals surface area (Å²) in [6.07, 6.45) is 0.453. The zero-order chi connectivity index (χ0) is 15.9. The molecule has 2 saturated heterocycles. The van der Waals surface area contributed by atoms with Crippen LogP contribution in [0.5, 0.6) is 0 Å². The van der Waals surface area contributed by atoms with Gasteiger partial charge in [-0.2, -0.15) is 0 Å². The highest BCUT2D eigenvalue weighted by molar-refractivity contribution is 8.00. The van der Waals surface area contributed by atoms with Crippen LogP contribution in [0.3, 0.4) is 0 Å². The molecule has 0 spiro atoms. The average Bonchev–Trinajstić information content (AvgIpc) is 2.86. The van der Waals surface area contributed by atoms with Gasteiger partial charge in [0.05, 0.1) is 36.8 Å². The number of nitrogens with zero attached hydrogens (tertiary/aromatic N) is 1. The van der Waals surface area contributed by atoms with Gasteiger partial charge in [0.1, 0.15) is 6.04 Å². The summed E-state index contributed by atoms with van der Waals surface area (Å²) in [6.45, 7) is 0. The van der Waals surface area contributed by atoms with Gasteiger partial charge in [-0.15, -0.1) is 11.8 Å². The van der Waals surface area contributed by atoms with E-state index in [1.165, 1.54) is 14.2 Å². The summed E-state index contributed by atoms with van der Waals surface area (Å²) in [5.41, 5.74) is 1.33. The quantitative estimate of drug-likeness (QED) is 0.618. The van der Waals surface area contributed by atoms with Gasteiger partial charge in [-0.3, -0.25) is 4.79 Å². The van der Waals surface area contributed by atoms with E-state index in [-0.39, 0.29) is 16.5 Å². The van der Waals surface area contributed by atoms with Crippen LogP contribution in [0.4, 0.5) is 0 Å². The van der Waals surface area contributed by atoms with Gasteiger partial charge in [0.15, 0.2) is 0 Å². The molecule has 7 heteroatoms. The van der Waals surface area contributed by atoms with Crippen molar-refractivity contribution in [2.75, 3.05) is 14.2 Å². The predicted molar refractivity (Wildman–Crippen MR) is 79.2 cm³/mol. The number of β-lactam (4-membered cyclic amide) rings is 1. The van der Waals surface area contributed by atoms with Gasteiger partial charge in [0, 0.05) is 0 Å². The minimum atomic E-state index is -0.606. The van der Waals surface area contributed by atoms with Crippen LogP contribution in [0, 0.1) is 0 Å². The molecule has 1 aromatic rings. The molecule has 0 saturated carbocycles. The molecule has 1 aromatic carbocycles. The molecule has 0 aromatic heterocycles. The Kier molecular flexibility index (Phi) is 3.82. The number of hydrogen-bond acceptors (Lipinski definition) is 6. The van der Waals surface area contributed by atoms with E-state index in [1.54, 1.807) is 40.9 Å². The van der Waals surface area contributed by atoms with E-state index in [0.717, 1.165) is 5.56 Å². The standard InChI is InChI=1S/C15H15NO5S/c1-20-14(18)9-5-3-8(4-6-9)13-12(15(19)21-2)16-10(17)7-11(16)22-13/h3-6,11-13H,7H2,1-2H3. The Morgan fingerprint density at radius 3 is 2.41 bits per heavy atom. The SMILES string of the molecule is COC(=O)c1ccc(C2SC3CC(=O)N3C2C(=O)OC)cc1. The molecular weight excluding hydrogens is 306 g/mol. The third-order valence-electron chi connectivity index (χ3n) is 3.94. The first-order valence-corrected chi connectivity index (χ1v) is 7.74. The van der Waals surface area contributed by atoms with Gasteiger partial charge in [-0.05, 0) is 17.7 Å². The van der Waals surface area contributed by atoms with Gasteiger partial charge in [0.25, 0.3) is 0 Å². The number of carbonyl (C=O) groups is 3. The second-order valence-corrected chi connectivity index (χ2v) is 6.42. The van der Waals surface area contributed by atoms with Crippen LogP contribution >= 0.6 is 11.8 Å². The molecule has 1 amide bonds. The molecule has 2 aliphatic heterocycles. The fourth-order valence-corrected chi connectivity index (χ4v) is 4.45. The summed E-state index contributed by atoms with van der Waals surface area (Å²) in [7, 11) is 2.65. The van der Waals surface area contributed by atoms with Crippen molar-refractivity contribution in [3.63, 3.8) is 0 Å². The second kappa shape index (κ2) is 5.64. The molecular formula is C15H15NO5S. The summed E-state index contributed by atoms with van der Waals surface area (Å²) < 4.78 is 9.51. The number of hydrogen-bond donors (Lipinski definition) is 0. The normalized spacial score (nSPS) is 26.2. The van der Waals surface area contributed by atoms with Crippen molar-refractivity contribution in [2.45, 2.75) is 23.1 Å². The lowest BCUT2D eigenvalue weighted by molar-refractivity contribution is -0.158. The first kappa shape index (κ1) is 14.9. The Morgan fingerprint density at radius 2 is 1.86 bits per heavy atom. The van der Waals surface area contributed by atoms with Crippen molar-refractivity contribution in [1.29, 1.82) is 0 Å². The minimum absolute atomic E-state index is 0.0263. The van der Waals surface area contributed by atoms with Gasteiger partial charge in [0.2, 0.25) is 5.91 Å². The van der Waals surface area contributed by atoms with E-state index in [4.69, 9.17) is 4.74 Å². The van der Waals surface area contributed by atoms with Crippen molar-refractivity contribution < 1.29 is 23.9 Å². The number of benzene rings is 1. The molecule has 2 fully saturated rings. The number of carbonyl (C=O) groups excluding carboxylic acids is 3. The number of amides is 1. The maximum atomic E-state index is 12.1. The molecule has 6 nitrogen and oxygen atoms in total. The van der Waals surface area contributed by atoms with Crippen LogP contribution in [0.2, 0.25) is 0 Å². The maximum absolute atomic E-state index is 12.1. The Labute approximate surface area is 131 Å². The lowest BCUT2D eigenvalue weighted by atomic mass is 10.00. The van der Waals surface area contributed by atoms with E-state index in [2.05, 4.69) is 4.74 Å². The first-order chi connectivity index (χ1) is 10.6. The van der Waals surface area contributed by atoms with E-state index < -0.39 is 18.0 Å². The Morgan fingerprint density at radius 1 is 1.18 bits per heavy atom. The van der Waals surface area contributed by atoms with Gasteiger partial charge in [-0.25, -0.2) is 9.59 Å². The lowest BCUT2D eigenvalue weighted by Gasteiger charge is -2.36. The molecule has 22 heavy (non-hydrogen) atoms. The molecule has 2 aliphatic rings. The molecule has 3 atom stereocenters. The largest absolute Gasteiger partial charge is 0.467 e. The minimum Gasteiger partial charge on any atom is -0.467 e. The van der Waals surface area contributed by atoms with Crippen molar-refractivity contribution in [1.82, 2.24) is 4.90 Å². The van der Waals surface area contributed by atoms with Crippen LogP contribution < -0.4 is 0 Å². The molecule has 0 bridgehead atoms. The van der Waals surface area contributed by atoms with Crippen molar-refractivity contribution in [2.24, 2.45) is 0 Å². The summed E-state index contributed by atoms with van der Waals surface area (Å²) >= 11 is 1.58. The fourth-order valence-electron chi connectivity index (χ4n) is 2.78. The van der Waals surface area contributed by atoms with Crippen LogP contribution in [-0.2, 0) is 19.1 Å². The third kappa shape index (κ3) is 2.25. The van der Waals surface area contributed by atoms with Gasteiger partial charge >= 0.3 is 11.9 Å². The van der Waals surface area contributed by atoms with E-state index in [0.29, 0.717) is 12.0 Å². The Balaban J connectivity index is 1.88. The van der Waals surface area contributed by atoms with E-state index >= 15 is 0 Å². The average molecular weight is 321 g/mol. The highest BCUT2D eigenvalue weighted by atomic mass is 32.2. The van der Waals surface area contributed by atoms with Crippen molar-refractivity contribution in [3.8, 4) is 0 Å². The molecule has 0 radical (unpaired) electrons. The summed E-state index contributed by atoms with van der Waals surface area (Å²) in [6, 6.07) is 6.29. The number of rotatable bonds is 3. The second-order valence-electron chi connectivity index (χ2n) is 5.10. The molecule has 3 rings (SSSR count). The lowest BCUT2D eigenvalue weighted by Crippen LogP contribution is -2.54. The molecule has 2 heterocycles. The van der Waals surface area contributed by atoms with Crippen LogP contribution in [0.25, 0.3) is 0 Å². The number of ether oxygens (including phenoxy) is 2. The summed E-state index contributed by atoms with van der Waals surface area (Å²) in [4.78, 5) is 36.9. The molecule has 3 unspecified atom stereocenters. The third-order valence-corrected chi connectivity index (χ3v) is 5.47. The molecule has 0 N–H and O–H groups in total. The number of esters is 2. The zero-order valence-electron chi connectivity index (χ0n) is 12.1. The smallest absolute Gasteiger partial charge is 0.337 e. The Bertz CT molecular complexity index is 629. The van der Waals surface area contributed by atoms with Crippen LogP contribution in [0.15, 0.2) is 24.3 Å². The number of thioether (sulfide) groups is 1. The van der Waals surface area contributed by atoms with Gasteiger partial charge in [-0.1, -0.05) is 12.1 Å².